The highest BCUT2D eigenvalue weighted by Crippen LogP contribution is 2.13. The molecule has 0 spiro atoms. The van der Waals surface area contributed by atoms with Gasteiger partial charge >= 0.3 is 5.97 Å². The lowest BCUT2D eigenvalue weighted by atomic mass is 10.1. The number of benzene rings is 2. The molecular formula is C18H18N2O4. The molecule has 124 valence electrons. The molecule has 0 aliphatic rings. The molecule has 6 heteroatoms. The number of hydrogen-bond acceptors (Lipinski definition) is 4. The SMILES string of the molecule is C[C@@H](Oc1ccc(/C=N\NC(=O)Cc2ccccc2)cc1)C(=O)O. The van der Waals surface area contributed by atoms with Gasteiger partial charge in [0, 0.05) is 0 Å². The van der Waals surface area contributed by atoms with Crippen LogP contribution in [0.5, 0.6) is 5.75 Å². The van der Waals surface area contributed by atoms with Crippen LogP contribution in [0.15, 0.2) is 59.7 Å². The van der Waals surface area contributed by atoms with Gasteiger partial charge in [0.25, 0.3) is 0 Å². The molecule has 0 aliphatic heterocycles. The van der Waals surface area contributed by atoms with Gasteiger partial charge in [0.05, 0.1) is 12.6 Å². The second kappa shape index (κ2) is 8.47. The Bertz CT molecular complexity index is 712. The molecule has 24 heavy (non-hydrogen) atoms. The predicted molar refractivity (Wildman–Crippen MR) is 90.1 cm³/mol. The standard InChI is InChI=1S/C18H18N2O4/c1-13(18(22)23)24-16-9-7-15(8-10-16)12-19-20-17(21)11-14-5-3-2-4-6-14/h2-10,12-13H,11H2,1H3,(H,20,21)(H,22,23)/b19-12-/t13-/m1/s1. The lowest BCUT2D eigenvalue weighted by Crippen LogP contribution is -2.22. The van der Waals surface area contributed by atoms with Crippen LogP contribution in [0, 0.1) is 0 Å². The molecule has 2 rings (SSSR count). The summed E-state index contributed by atoms with van der Waals surface area (Å²) in [5.74, 6) is -0.774. The Hall–Kier alpha value is -3.15. The zero-order chi connectivity index (χ0) is 17.4. The van der Waals surface area contributed by atoms with E-state index in [0.29, 0.717) is 5.75 Å². The van der Waals surface area contributed by atoms with E-state index >= 15 is 0 Å². The number of carbonyl (C=O) groups is 2. The molecule has 6 nitrogen and oxygen atoms in total. The summed E-state index contributed by atoms with van der Waals surface area (Å²) in [5, 5.41) is 12.7. The Kier molecular flexibility index (Phi) is 6.08. The van der Waals surface area contributed by atoms with Crippen molar-refractivity contribution < 1.29 is 19.4 Å². The van der Waals surface area contributed by atoms with Gasteiger partial charge in [-0.25, -0.2) is 10.2 Å². The number of amides is 1. The zero-order valence-corrected chi connectivity index (χ0v) is 13.2. The molecule has 0 bridgehead atoms. The maximum atomic E-state index is 11.7. The number of rotatable bonds is 7. The van der Waals surface area contributed by atoms with E-state index in [0.717, 1.165) is 11.1 Å². The van der Waals surface area contributed by atoms with E-state index in [1.165, 1.54) is 13.1 Å². The minimum atomic E-state index is -1.03. The monoisotopic (exact) mass is 326 g/mol. The first-order valence-electron chi connectivity index (χ1n) is 7.40. The molecule has 0 aromatic heterocycles. The maximum Gasteiger partial charge on any atom is 0.344 e. The van der Waals surface area contributed by atoms with Crippen LogP contribution < -0.4 is 10.2 Å². The van der Waals surface area contributed by atoms with Crippen LogP contribution in [-0.2, 0) is 16.0 Å². The highest BCUT2D eigenvalue weighted by molar-refractivity contribution is 5.83. The fourth-order valence-corrected chi connectivity index (χ4v) is 1.89. The third kappa shape index (κ3) is 5.57. The Morgan fingerprint density at radius 1 is 1.17 bits per heavy atom. The highest BCUT2D eigenvalue weighted by Gasteiger charge is 2.11. The predicted octanol–water partition coefficient (Wildman–Crippen LogP) is 2.23. The van der Waals surface area contributed by atoms with E-state index in [4.69, 9.17) is 9.84 Å². The summed E-state index contributed by atoms with van der Waals surface area (Å²) < 4.78 is 5.23. The molecule has 0 unspecified atom stereocenters. The number of hydrazone groups is 1. The molecule has 0 fully saturated rings. The van der Waals surface area contributed by atoms with Crippen molar-refractivity contribution in [2.45, 2.75) is 19.4 Å². The van der Waals surface area contributed by atoms with Crippen LogP contribution in [0.4, 0.5) is 0 Å². The van der Waals surface area contributed by atoms with E-state index in [1.54, 1.807) is 24.3 Å². The first kappa shape index (κ1) is 17.2. The molecule has 0 radical (unpaired) electrons. The smallest absolute Gasteiger partial charge is 0.344 e. The lowest BCUT2D eigenvalue weighted by molar-refractivity contribution is -0.144. The Morgan fingerprint density at radius 3 is 2.46 bits per heavy atom. The molecule has 2 N–H and O–H groups in total. The van der Waals surface area contributed by atoms with Crippen LogP contribution in [-0.4, -0.2) is 29.3 Å². The van der Waals surface area contributed by atoms with Crippen molar-refractivity contribution in [2.24, 2.45) is 5.10 Å². The van der Waals surface area contributed by atoms with Crippen molar-refractivity contribution >= 4 is 18.1 Å². The van der Waals surface area contributed by atoms with Gasteiger partial charge in [-0.05, 0) is 42.3 Å². The molecule has 0 heterocycles. The summed E-state index contributed by atoms with van der Waals surface area (Å²) in [7, 11) is 0. The van der Waals surface area contributed by atoms with E-state index in [-0.39, 0.29) is 12.3 Å². The molecule has 2 aromatic rings. The minimum Gasteiger partial charge on any atom is -0.479 e. The second-order valence-electron chi connectivity index (χ2n) is 5.12. The van der Waals surface area contributed by atoms with Gasteiger partial charge in [-0.15, -0.1) is 0 Å². The van der Waals surface area contributed by atoms with Crippen molar-refractivity contribution in [1.29, 1.82) is 0 Å². The van der Waals surface area contributed by atoms with Gasteiger partial charge in [-0.2, -0.15) is 5.10 Å². The Morgan fingerprint density at radius 2 is 1.83 bits per heavy atom. The molecule has 0 saturated heterocycles. The molecule has 1 amide bonds. The summed E-state index contributed by atoms with van der Waals surface area (Å²) in [6.45, 7) is 1.46. The van der Waals surface area contributed by atoms with Crippen LogP contribution >= 0.6 is 0 Å². The molecule has 1 atom stereocenters. The van der Waals surface area contributed by atoms with Gasteiger partial charge < -0.3 is 9.84 Å². The quantitative estimate of drug-likeness (QED) is 0.603. The number of carboxylic acids is 1. The van der Waals surface area contributed by atoms with Gasteiger partial charge in [-0.3, -0.25) is 4.79 Å². The summed E-state index contributed by atoms with van der Waals surface area (Å²) in [4.78, 5) is 22.5. The fourth-order valence-electron chi connectivity index (χ4n) is 1.89. The normalized spacial score (nSPS) is 11.9. The number of aliphatic carboxylic acids is 1. The number of carbonyl (C=O) groups excluding carboxylic acids is 1. The first-order valence-corrected chi connectivity index (χ1v) is 7.40. The number of nitrogens with zero attached hydrogens (tertiary/aromatic N) is 1. The maximum absolute atomic E-state index is 11.7. The minimum absolute atomic E-state index is 0.201. The Balaban J connectivity index is 1.83. The van der Waals surface area contributed by atoms with Crippen LogP contribution in [0.2, 0.25) is 0 Å². The molecular weight excluding hydrogens is 308 g/mol. The summed E-state index contributed by atoms with van der Waals surface area (Å²) in [6, 6.07) is 16.1. The number of nitrogens with one attached hydrogen (secondary N) is 1. The fraction of sp³-hybridized carbons (Fsp3) is 0.167. The topological polar surface area (TPSA) is 88.0 Å². The van der Waals surface area contributed by atoms with Gasteiger partial charge in [-0.1, -0.05) is 30.3 Å². The zero-order valence-electron chi connectivity index (χ0n) is 13.2. The third-order valence-electron chi connectivity index (χ3n) is 3.15. The van der Waals surface area contributed by atoms with Gasteiger partial charge in [0.1, 0.15) is 5.75 Å². The second-order valence-corrected chi connectivity index (χ2v) is 5.12. The van der Waals surface area contributed by atoms with Crippen molar-refractivity contribution in [3.8, 4) is 5.75 Å². The van der Waals surface area contributed by atoms with Crippen molar-refractivity contribution in [3.05, 3.63) is 65.7 Å². The first-order chi connectivity index (χ1) is 11.5. The van der Waals surface area contributed by atoms with E-state index in [1.807, 2.05) is 30.3 Å². The van der Waals surface area contributed by atoms with Gasteiger partial charge in [0.2, 0.25) is 5.91 Å². The molecule has 0 saturated carbocycles. The summed E-state index contributed by atoms with van der Waals surface area (Å²) in [5.41, 5.74) is 4.13. The lowest BCUT2D eigenvalue weighted by Gasteiger charge is -2.09. The number of carboxylic acid groups (broad SMARTS) is 1. The van der Waals surface area contributed by atoms with Crippen LogP contribution in [0.3, 0.4) is 0 Å². The average molecular weight is 326 g/mol. The van der Waals surface area contributed by atoms with E-state index in [2.05, 4.69) is 10.5 Å². The van der Waals surface area contributed by atoms with Crippen molar-refractivity contribution in [3.63, 3.8) is 0 Å². The average Bonchev–Trinajstić information content (AvgIpc) is 2.57. The van der Waals surface area contributed by atoms with E-state index < -0.39 is 12.1 Å². The van der Waals surface area contributed by atoms with E-state index in [9.17, 15) is 9.59 Å². The summed E-state index contributed by atoms with van der Waals surface area (Å²) >= 11 is 0. The van der Waals surface area contributed by atoms with Gasteiger partial charge in [0.15, 0.2) is 6.10 Å². The molecule has 2 aromatic carbocycles. The number of ether oxygens (including phenoxy) is 1. The van der Waals surface area contributed by atoms with Crippen LogP contribution in [0.25, 0.3) is 0 Å². The Labute approximate surface area is 139 Å². The van der Waals surface area contributed by atoms with Crippen molar-refractivity contribution in [1.82, 2.24) is 5.43 Å². The largest absolute Gasteiger partial charge is 0.479 e. The highest BCUT2D eigenvalue weighted by atomic mass is 16.5. The molecule has 0 aliphatic carbocycles. The van der Waals surface area contributed by atoms with Crippen molar-refractivity contribution in [2.75, 3.05) is 0 Å². The third-order valence-corrected chi connectivity index (χ3v) is 3.15. The summed E-state index contributed by atoms with van der Waals surface area (Å²) in [6.07, 6.45) is 0.854. The number of hydrogen-bond donors (Lipinski definition) is 2. The van der Waals surface area contributed by atoms with Crippen LogP contribution in [0.1, 0.15) is 18.1 Å².